The Morgan fingerprint density at radius 3 is 2.77 bits per heavy atom. The van der Waals surface area contributed by atoms with Crippen LogP contribution in [0, 0.1) is 24.1 Å². The van der Waals surface area contributed by atoms with Crippen molar-refractivity contribution in [2.45, 2.75) is 13.3 Å². The Balaban J connectivity index is 1.85. The fourth-order valence-electron chi connectivity index (χ4n) is 3.63. The summed E-state index contributed by atoms with van der Waals surface area (Å²) >= 11 is 0. The minimum absolute atomic E-state index is 0.272. The van der Waals surface area contributed by atoms with E-state index in [9.17, 15) is 9.65 Å². The van der Waals surface area contributed by atoms with Crippen LogP contribution in [0.1, 0.15) is 22.5 Å². The van der Waals surface area contributed by atoms with Crippen LogP contribution in [-0.4, -0.2) is 26.2 Å². The average molecular weight is 349 g/mol. The Labute approximate surface area is 151 Å². The molecule has 4 rings (SSSR count). The number of hydrogen-bond acceptors (Lipinski definition) is 4. The molecule has 3 aromatic rings. The summed E-state index contributed by atoms with van der Waals surface area (Å²) in [6.07, 6.45) is 0.470. The molecule has 1 aliphatic heterocycles. The minimum atomic E-state index is -0.272. The van der Waals surface area contributed by atoms with Gasteiger partial charge < -0.3 is 14.6 Å². The van der Waals surface area contributed by atoms with Crippen molar-refractivity contribution in [2.75, 3.05) is 31.1 Å². The fourth-order valence-corrected chi connectivity index (χ4v) is 3.63. The van der Waals surface area contributed by atoms with E-state index in [-0.39, 0.29) is 5.82 Å². The maximum atomic E-state index is 13.6. The molecule has 0 atom stereocenters. The highest BCUT2D eigenvalue weighted by molar-refractivity contribution is 5.94. The highest BCUT2D eigenvalue weighted by atomic mass is 19.1. The van der Waals surface area contributed by atoms with E-state index >= 15 is 0 Å². The number of nitrogens with zero attached hydrogens (tertiary/aromatic N) is 2. The molecule has 0 bridgehead atoms. The predicted molar refractivity (Wildman–Crippen MR) is 100.0 cm³/mol. The van der Waals surface area contributed by atoms with Crippen LogP contribution in [0.15, 0.2) is 40.8 Å². The van der Waals surface area contributed by atoms with Crippen LogP contribution >= 0.6 is 0 Å². The number of fused-ring (bicyclic) bond motifs is 1. The number of anilines is 1. The zero-order valence-electron chi connectivity index (χ0n) is 14.7. The highest BCUT2D eigenvalue weighted by Crippen LogP contribution is 2.36. The minimum Gasteiger partial charge on any atom is -0.443 e. The van der Waals surface area contributed by atoms with Crippen molar-refractivity contribution in [1.82, 2.24) is 5.32 Å². The van der Waals surface area contributed by atoms with Crippen molar-refractivity contribution in [1.29, 1.82) is 5.26 Å². The number of furan rings is 1. The van der Waals surface area contributed by atoms with Gasteiger partial charge in [-0.15, -0.1) is 0 Å². The van der Waals surface area contributed by atoms with Gasteiger partial charge in [0.1, 0.15) is 11.9 Å². The van der Waals surface area contributed by atoms with Gasteiger partial charge in [-0.2, -0.15) is 5.26 Å². The normalized spacial score (nSPS) is 14.6. The molecule has 0 saturated carbocycles. The van der Waals surface area contributed by atoms with Gasteiger partial charge in [0.05, 0.1) is 5.69 Å². The van der Waals surface area contributed by atoms with Crippen LogP contribution in [0.4, 0.5) is 10.1 Å². The summed E-state index contributed by atoms with van der Waals surface area (Å²) in [5, 5.41) is 13.9. The van der Waals surface area contributed by atoms with Gasteiger partial charge >= 0.3 is 0 Å². The van der Waals surface area contributed by atoms with Crippen molar-refractivity contribution in [3.05, 3.63) is 64.7 Å². The quantitative estimate of drug-likeness (QED) is 0.782. The molecule has 5 heteroatoms. The van der Waals surface area contributed by atoms with Gasteiger partial charge in [0.2, 0.25) is 5.76 Å². The third-order valence-electron chi connectivity index (χ3n) is 4.85. The van der Waals surface area contributed by atoms with Crippen LogP contribution in [0.3, 0.4) is 0 Å². The van der Waals surface area contributed by atoms with Gasteiger partial charge in [-0.3, -0.25) is 0 Å². The summed E-state index contributed by atoms with van der Waals surface area (Å²) < 4.78 is 19.5. The molecule has 0 amide bonds. The third kappa shape index (κ3) is 3.04. The zero-order chi connectivity index (χ0) is 18.1. The number of nitrogens with one attached hydrogen (secondary N) is 1. The molecular formula is C21H20FN3O. The first-order valence-electron chi connectivity index (χ1n) is 8.82. The Morgan fingerprint density at radius 2 is 2.04 bits per heavy atom. The number of nitriles is 1. The lowest BCUT2D eigenvalue weighted by atomic mass is 10.00. The molecule has 1 aromatic heterocycles. The topological polar surface area (TPSA) is 52.2 Å². The number of piperazine rings is 1. The van der Waals surface area contributed by atoms with Crippen molar-refractivity contribution < 1.29 is 8.81 Å². The van der Waals surface area contributed by atoms with Crippen LogP contribution in [-0.2, 0) is 6.42 Å². The second-order valence-corrected chi connectivity index (χ2v) is 6.73. The van der Waals surface area contributed by atoms with E-state index in [2.05, 4.69) is 35.3 Å². The van der Waals surface area contributed by atoms with E-state index in [1.54, 1.807) is 6.07 Å². The van der Waals surface area contributed by atoms with Crippen molar-refractivity contribution >= 4 is 16.7 Å². The number of aryl methyl sites for hydroxylation is 1. The van der Waals surface area contributed by atoms with Crippen LogP contribution < -0.4 is 10.2 Å². The Kier molecular flexibility index (Phi) is 4.36. The number of halogens is 1. The van der Waals surface area contributed by atoms with Crippen molar-refractivity contribution in [2.24, 2.45) is 0 Å². The van der Waals surface area contributed by atoms with Gasteiger partial charge in [0, 0.05) is 43.5 Å². The Bertz CT molecular complexity index is 996. The molecule has 1 saturated heterocycles. The monoisotopic (exact) mass is 349 g/mol. The first kappa shape index (κ1) is 16.6. The van der Waals surface area contributed by atoms with Gasteiger partial charge in [-0.25, -0.2) is 4.39 Å². The summed E-state index contributed by atoms with van der Waals surface area (Å²) in [7, 11) is 0. The molecule has 0 radical (unpaired) electrons. The number of rotatable bonds is 3. The molecule has 1 N–H and O–H groups in total. The molecular weight excluding hydrogens is 329 g/mol. The Hall–Kier alpha value is -2.84. The lowest BCUT2D eigenvalue weighted by Gasteiger charge is -2.29. The summed E-state index contributed by atoms with van der Waals surface area (Å²) in [6, 6.07) is 12.8. The first-order chi connectivity index (χ1) is 12.7. The maximum absolute atomic E-state index is 13.6. The average Bonchev–Trinajstić information content (AvgIpc) is 2.99. The van der Waals surface area contributed by atoms with Crippen LogP contribution in [0.25, 0.3) is 11.0 Å². The standard InChI is InChI=1S/C21H20FN3O/c1-14-9-18-17(12-15-3-2-4-16(22)11-15)20(13-23)26-21(18)19(10-14)25-7-5-24-6-8-25/h2-4,9-11,24H,5-8,12H2,1H3. The predicted octanol–water partition coefficient (Wildman–Crippen LogP) is 3.75. The lowest BCUT2D eigenvalue weighted by molar-refractivity contribution is 0.572. The van der Waals surface area contributed by atoms with Gasteiger partial charge in [-0.1, -0.05) is 12.1 Å². The molecule has 2 heterocycles. The van der Waals surface area contributed by atoms with Gasteiger partial charge in [0.15, 0.2) is 5.58 Å². The summed E-state index contributed by atoms with van der Waals surface area (Å²) in [5.74, 6) is 0.0396. The summed E-state index contributed by atoms with van der Waals surface area (Å²) in [5.41, 5.74) is 4.56. The largest absolute Gasteiger partial charge is 0.443 e. The molecule has 0 aliphatic carbocycles. The lowest BCUT2D eigenvalue weighted by Crippen LogP contribution is -2.43. The Morgan fingerprint density at radius 1 is 1.23 bits per heavy atom. The van der Waals surface area contributed by atoms with Crippen LogP contribution in [0.2, 0.25) is 0 Å². The van der Waals surface area contributed by atoms with E-state index in [0.29, 0.717) is 12.2 Å². The number of hydrogen-bond donors (Lipinski definition) is 1. The van der Waals surface area contributed by atoms with E-state index in [1.165, 1.54) is 12.1 Å². The number of benzene rings is 2. The van der Waals surface area contributed by atoms with Gasteiger partial charge in [-0.05, 0) is 42.3 Å². The summed E-state index contributed by atoms with van der Waals surface area (Å²) in [6.45, 7) is 5.71. The van der Waals surface area contributed by atoms with Crippen LogP contribution in [0.5, 0.6) is 0 Å². The highest BCUT2D eigenvalue weighted by Gasteiger charge is 2.21. The molecule has 2 aromatic carbocycles. The SMILES string of the molecule is Cc1cc(N2CCNCC2)c2oc(C#N)c(Cc3cccc(F)c3)c2c1. The van der Waals surface area contributed by atoms with Crippen molar-refractivity contribution in [3.63, 3.8) is 0 Å². The molecule has 1 aliphatic rings. The third-order valence-corrected chi connectivity index (χ3v) is 4.85. The molecule has 0 spiro atoms. The van der Waals surface area contributed by atoms with Crippen molar-refractivity contribution in [3.8, 4) is 6.07 Å². The van der Waals surface area contributed by atoms with E-state index in [1.807, 2.05) is 6.07 Å². The van der Waals surface area contributed by atoms with E-state index in [4.69, 9.17) is 4.42 Å². The summed E-state index contributed by atoms with van der Waals surface area (Å²) in [4.78, 5) is 2.29. The van der Waals surface area contributed by atoms with E-state index < -0.39 is 0 Å². The molecule has 26 heavy (non-hydrogen) atoms. The zero-order valence-corrected chi connectivity index (χ0v) is 14.7. The molecule has 4 nitrogen and oxygen atoms in total. The first-order valence-corrected chi connectivity index (χ1v) is 8.82. The molecule has 1 fully saturated rings. The van der Waals surface area contributed by atoms with Gasteiger partial charge in [0.25, 0.3) is 0 Å². The second-order valence-electron chi connectivity index (χ2n) is 6.73. The molecule has 132 valence electrons. The fraction of sp³-hybridized carbons (Fsp3) is 0.286. The maximum Gasteiger partial charge on any atom is 0.208 e. The van der Waals surface area contributed by atoms with E-state index in [0.717, 1.165) is 59.5 Å². The molecule has 0 unspecified atom stereocenters. The second kappa shape index (κ2) is 6.81. The smallest absolute Gasteiger partial charge is 0.208 e.